The van der Waals surface area contributed by atoms with E-state index in [9.17, 15) is 0 Å². The van der Waals surface area contributed by atoms with Crippen molar-refractivity contribution in [1.29, 1.82) is 0 Å². The van der Waals surface area contributed by atoms with Crippen LogP contribution in [0.4, 0.5) is 0 Å². The van der Waals surface area contributed by atoms with Gasteiger partial charge in [-0.05, 0) is 32.3 Å². The Morgan fingerprint density at radius 2 is 2.10 bits per heavy atom. The Morgan fingerprint density at radius 3 is 2.95 bits per heavy atom. The number of aryl methyl sites for hydroxylation is 1. The van der Waals surface area contributed by atoms with Crippen LogP contribution in [0.3, 0.4) is 0 Å². The summed E-state index contributed by atoms with van der Waals surface area (Å²) >= 11 is 0. The van der Waals surface area contributed by atoms with Gasteiger partial charge in [0.25, 0.3) is 0 Å². The van der Waals surface area contributed by atoms with Gasteiger partial charge in [-0.15, -0.1) is 5.10 Å². The predicted octanol–water partition coefficient (Wildman–Crippen LogP) is 1.69. The second kappa shape index (κ2) is 6.01. The van der Waals surface area contributed by atoms with Gasteiger partial charge in [-0.25, -0.2) is 14.6 Å². The quantitative estimate of drug-likeness (QED) is 0.673. The molecule has 3 rings (SSSR count). The summed E-state index contributed by atoms with van der Waals surface area (Å²) in [6.07, 6.45) is 6.18. The lowest BCUT2D eigenvalue weighted by Gasteiger charge is -2.03. The van der Waals surface area contributed by atoms with Gasteiger partial charge in [0.1, 0.15) is 23.4 Å². The van der Waals surface area contributed by atoms with Crippen molar-refractivity contribution in [3.8, 4) is 11.4 Å². The van der Waals surface area contributed by atoms with Crippen LogP contribution in [0.5, 0.6) is 0 Å². The highest BCUT2D eigenvalue weighted by atomic mass is 16.2. The first-order valence-corrected chi connectivity index (χ1v) is 7.10. The highest BCUT2D eigenvalue weighted by Crippen LogP contribution is 2.25. The molecule has 0 atom stereocenters. The molecular weight excluding hydrogens is 268 g/mol. The lowest BCUT2D eigenvalue weighted by atomic mass is 10.2. The van der Waals surface area contributed by atoms with Crippen LogP contribution in [-0.4, -0.2) is 41.7 Å². The van der Waals surface area contributed by atoms with Gasteiger partial charge in [0.15, 0.2) is 0 Å². The summed E-state index contributed by atoms with van der Waals surface area (Å²) in [6, 6.07) is 1.95. The van der Waals surface area contributed by atoms with E-state index in [0.717, 1.165) is 53.9 Å². The molecular formula is C14H18N6O. The second-order valence-electron chi connectivity index (χ2n) is 4.99. The van der Waals surface area contributed by atoms with Gasteiger partial charge in [-0.3, -0.25) is 0 Å². The Hall–Kier alpha value is -2.28. The summed E-state index contributed by atoms with van der Waals surface area (Å²) in [5, 5.41) is 18.2. The maximum Gasteiger partial charge on any atom is 0.141 e. The van der Waals surface area contributed by atoms with Gasteiger partial charge in [0, 0.05) is 24.7 Å². The zero-order valence-electron chi connectivity index (χ0n) is 12.0. The molecule has 0 fully saturated rings. The largest absolute Gasteiger partial charge is 0.396 e. The lowest BCUT2D eigenvalue weighted by Crippen LogP contribution is -2.03. The fourth-order valence-electron chi connectivity index (χ4n) is 2.40. The molecule has 3 heterocycles. The number of aliphatic hydroxyl groups is 1. The van der Waals surface area contributed by atoms with E-state index < -0.39 is 0 Å². The van der Waals surface area contributed by atoms with E-state index in [4.69, 9.17) is 5.11 Å². The number of unbranched alkanes of at least 4 members (excludes halogenated alkanes) is 2. The van der Waals surface area contributed by atoms with Crippen LogP contribution in [-0.2, 0) is 6.54 Å². The molecule has 0 aliphatic rings. The summed E-state index contributed by atoms with van der Waals surface area (Å²) in [5.74, 6) is 0. The summed E-state index contributed by atoms with van der Waals surface area (Å²) < 4.78 is 1.90. The molecule has 0 aliphatic heterocycles. The molecule has 0 unspecified atom stereocenters. The van der Waals surface area contributed by atoms with Crippen LogP contribution in [0, 0.1) is 6.92 Å². The SMILES string of the molecule is Cc1c(-c2ncnc3[nH]ccc23)nnn1CCCCCO. The predicted molar refractivity (Wildman–Crippen MR) is 78.6 cm³/mol. The molecule has 0 radical (unpaired) electrons. The zero-order chi connectivity index (χ0) is 14.7. The van der Waals surface area contributed by atoms with E-state index in [1.54, 1.807) is 0 Å². The van der Waals surface area contributed by atoms with Crippen LogP contribution in [0.25, 0.3) is 22.4 Å². The minimum absolute atomic E-state index is 0.244. The molecule has 110 valence electrons. The second-order valence-corrected chi connectivity index (χ2v) is 4.99. The minimum Gasteiger partial charge on any atom is -0.396 e. The molecule has 0 aliphatic carbocycles. The van der Waals surface area contributed by atoms with Crippen molar-refractivity contribution in [2.24, 2.45) is 0 Å². The molecule has 0 amide bonds. The van der Waals surface area contributed by atoms with Crippen molar-refractivity contribution >= 4 is 11.0 Å². The summed E-state index contributed by atoms with van der Waals surface area (Å²) in [6.45, 7) is 3.05. The van der Waals surface area contributed by atoms with Crippen molar-refractivity contribution in [2.75, 3.05) is 6.61 Å². The first-order chi connectivity index (χ1) is 10.3. The first-order valence-electron chi connectivity index (χ1n) is 7.10. The fourth-order valence-corrected chi connectivity index (χ4v) is 2.40. The van der Waals surface area contributed by atoms with Gasteiger partial charge in [0.2, 0.25) is 0 Å². The van der Waals surface area contributed by atoms with Crippen LogP contribution < -0.4 is 0 Å². The van der Waals surface area contributed by atoms with E-state index in [-0.39, 0.29) is 6.61 Å². The molecule has 0 saturated carbocycles. The van der Waals surface area contributed by atoms with E-state index in [2.05, 4.69) is 25.3 Å². The Morgan fingerprint density at radius 1 is 1.19 bits per heavy atom. The average Bonchev–Trinajstić information content (AvgIpc) is 3.10. The Balaban J connectivity index is 1.86. The number of H-pyrrole nitrogens is 1. The normalized spacial score (nSPS) is 11.3. The fraction of sp³-hybridized carbons (Fsp3) is 0.429. The van der Waals surface area contributed by atoms with Gasteiger partial charge in [0.05, 0.1) is 5.69 Å². The molecule has 7 nitrogen and oxygen atoms in total. The lowest BCUT2D eigenvalue weighted by molar-refractivity contribution is 0.281. The van der Waals surface area contributed by atoms with E-state index in [1.807, 2.05) is 23.9 Å². The molecule has 0 bridgehead atoms. The topological polar surface area (TPSA) is 92.5 Å². The summed E-state index contributed by atoms with van der Waals surface area (Å²) in [4.78, 5) is 11.6. The van der Waals surface area contributed by atoms with Gasteiger partial charge < -0.3 is 10.1 Å². The Kier molecular flexibility index (Phi) is 3.92. The highest BCUT2D eigenvalue weighted by molar-refractivity contribution is 5.89. The number of nitrogens with one attached hydrogen (secondary N) is 1. The summed E-state index contributed by atoms with van der Waals surface area (Å²) in [7, 11) is 0. The third kappa shape index (κ3) is 2.64. The first kappa shape index (κ1) is 13.7. The molecule has 0 spiro atoms. The van der Waals surface area contributed by atoms with E-state index in [0.29, 0.717) is 0 Å². The Labute approximate surface area is 122 Å². The molecule has 7 heteroatoms. The van der Waals surface area contributed by atoms with Crippen LogP contribution in [0.2, 0.25) is 0 Å². The smallest absolute Gasteiger partial charge is 0.141 e. The molecule has 3 aromatic heterocycles. The van der Waals surface area contributed by atoms with Crippen molar-refractivity contribution in [3.05, 3.63) is 24.3 Å². The standard InChI is InChI=1S/C14H18N6O/c1-10-12(18-19-20(10)7-3-2-4-8-21)13-11-5-6-15-14(11)17-9-16-13/h5-6,9,21H,2-4,7-8H2,1H3,(H,15,16,17). The molecule has 0 aromatic carbocycles. The molecule has 0 saturated heterocycles. The van der Waals surface area contributed by atoms with E-state index >= 15 is 0 Å². The van der Waals surface area contributed by atoms with Crippen LogP contribution in [0.1, 0.15) is 25.0 Å². The number of hydrogen-bond donors (Lipinski definition) is 2. The van der Waals surface area contributed by atoms with Crippen molar-refractivity contribution in [2.45, 2.75) is 32.7 Å². The number of rotatable bonds is 6. The maximum atomic E-state index is 8.80. The van der Waals surface area contributed by atoms with Crippen molar-refractivity contribution in [3.63, 3.8) is 0 Å². The van der Waals surface area contributed by atoms with E-state index in [1.165, 1.54) is 6.33 Å². The zero-order valence-corrected chi connectivity index (χ0v) is 12.0. The number of aromatic amines is 1. The minimum atomic E-state index is 0.244. The maximum absolute atomic E-state index is 8.80. The number of nitrogens with zero attached hydrogens (tertiary/aromatic N) is 5. The van der Waals surface area contributed by atoms with Gasteiger partial charge in [-0.2, -0.15) is 0 Å². The van der Waals surface area contributed by atoms with Crippen LogP contribution >= 0.6 is 0 Å². The van der Waals surface area contributed by atoms with Gasteiger partial charge in [-0.1, -0.05) is 5.21 Å². The Bertz CT molecular complexity index is 732. The van der Waals surface area contributed by atoms with Crippen LogP contribution in [0.15, 0.2) is 18.6 Å². The summed E-state index contributed by atoms with van der Waals surface area (Å²) in [5.41, 5.74) is 3.40. The third-order valence-corrected chi connectivity index (χ3v) is 3.59. The highest BCUT2D eigenvalue weighted by Gasteiger charge is 2.15. The molecule has 2 N–H and O–H groups in total. The number of aliphatic hydroxyl groups excluding tert-OH is 1. The monoisotopic (exact) mass is 286 g/mol. The van der Waals surface area contributed by atoms with Crippen molar-refractivity contribution < 1.29 is 5.11 Å². The number of hydrogen-bond acceptors (Lipinski definition) is 5. The number of fused-ring (bicyclic) bond motifs is 1. The molecule has 3 aromatic rings. The number of aromatic nitrogens is 6. The van der Waals surface area contributed by atoms with Crippen molar-refractivity contribution in [1.82, 2.24) is 29.9 Å². The molecule has 21 heavy (non-hydrogen) atoms. The third-order valence-electron chi connectivity index (χ3n) is 3.59. The van der Waals surface area contributed by atoms with Gasteiger partial charge >= 0.3 is 0 Å². The average molecular weight is 286 g/mol.